The number of phenolic OH excluding ortho intramolecular Hbond substituents is 1. The molecule has 1 atom stereocenters. The smallest absolute Gasteiger partial charge is 0.402 e. The van der Waals surface area contributed by atoms with Gasteiger partial charge in [0.05, 0.1) is 11.6 Å². The molecule has 0 radical (unpaired) electrons. The number of hydrogen-bond donors (Lipinski definition) is 6. The van der Waals surface area contributed by atoms with Gasteiger partial charge in [-0.1, -0.05) is 81.4 Å². The lowest BCUT2D eigenvalue weighted by molar-refractivity contribution is -0.127. The van der Waals surface area contributed by atoms with E-state index in [1.807, 2.05) is 77.7 Å². The number of fused-ring (bicyclic) bond motifs is 4. The van der Waals surface area contributed by atoms with Gasteiger partial charge in [0.2, 0.25) is 5.56 Å². The molecular weight excluding hydrogens is 747 g/mol. The number of aromatic amines is 1. The SMILES string of the molecule is C1CN2CCC1CC2.CC(C)C.NC(=O)O.O=C(C1=CCCC(COc2ccccc2)=C1)N(CCCNCC(O)c1ccc(O)c2[nH]c(=O)ccc12)Cc1ccccc1. The van der Waals surface area contributed by atoms with Crippen LogP contribution in [0.3, 0.4) is 0 Å². The van der Waals surface area contributed by atoms with E-state index in [9.17, 15) is 19.8 Å². The fourth-order valence-electron chi connectivity index (χ4n) is 7.12. The first-order chi connectivity index (χ1) is 28.4. The number of nitrogens with zero attached hydrogens (tertiary/aromatic N) is 2. The topological polar surface area (TPSA) is 181 Å². The molecule has 59 heavy (non-hydrogen) atoms. The van der Waals surface area contributed by atoms with Crippen LogP contribution < -0.4 is 21.3 Å². The van der Waals surface area contributed by atoms with Gasteiger partial charge in [0, 0.05) is 36.7 Å². The van der Waals surface area contributed by atoms with Gasteiger partial charge >= 0.3 is 6.09 Å². The molecule has 0 spiro atoms. The van der Waals surface area contributed by atoms with Gasteiger partial charge in [-0.05, 0) is 124 Å². The highest BCUT2D eigenvalue weighted by molar-refractivity contribution is 5.96. The molecule has 2 bridgehead atoms. The molecule has 2 amide bonds. The van der Waals surface area contributed by atoms with E-state index >= 15 is 0 Å². The molecule has 12 nitrogen and oxygen atoms in total. The Hall–Kier alpha value is -5.43. The maximum atomic E-state index is 13.7. The number of H-pyrrole nitrogens is 1. The van der Waals surface area contributed by atoms with Crippen molar-refractivity contribution < 1.29 is 29.6 Å². The van der Waals surface area contributed by atoms with Crippen LogP contribution in [-0.4, -0.2) is 88.0 Å². The van der Waals surface area contributed by atoms with Gasteiger partial charge in [0.25, 0.3) is 5.91 Å². The Morgan fingerprint density at radius 2 is 1.58 bits per heavy atom. The second-order valence-corrected chi connectivity index (χ2v) is 15.8. The molecule has 3 aromatic carbocycles. The maximum Gasteiger partial charge on any atom is 0.402 e. The average molecular weight is 810 g/mol. The van der Waals surface area contributed by atoms with Crippen LogP contribution in [0.4, 0.5) is 4.79 Å². The Kier molecular flexibility index (Phi) is 19.2. The zero-order valence-corrected chi connectivity index (χ0v) is 34.8. The standard InChI is InChI=1S/C35H37N3O5.C7H13N.C4H10.CH3NO2/c39-31-17-15-29(30-16-18-33(41)37-34(30)31)32(40)22-36-19-8-20-38(23-25-9-3-1-4-10-25)35(42)27-12-7-11-26(21-27)24-43-28-13-5-2-6-14-28;1-4-8-5-2-7(1)3-6-8;1-4(2)3;2-1(3)4/h1-6,9-10,12-18,21,32,36,39-40H,7-8,11,19-20,22-24H2,(H,37,41);7H,1-6H2;4H,1-3H3;2H2,(H,3,4). The number of pyridine rings is 1. The summed E-state index contributed by atoms with van der Waals surface area (Å²) >= 11 is 0. The van der Waals surface area contributed by atoms with E-state index in [1.165, 1.54) is 51.0 Å². The lowest BCUT2D eigenvalue weighted by Gasteiger charge is -2.38. The summed E-state index contributed by atoms with van der Waals surface area (Å²) in [4.78, 5) is 41.3. The molecule has 3 aliphatic heterocycles. The molecule has 0 saturated carbocycles. The molecule has 12 heteroatoms. The number of aliphatic hydroxyl groups excluding tert-OH is 1. The van der Waals surface area contributed by atoms with Crippen LogP contribution in [0.25, 0.3) is 10.9 Å². The van der Waals surface area contributed by atoms with Gasteiger partial charge in [-0.2, -0.15) is 0 Å². The Bertz CT molecular complexity index is 1980. The molecule has 4 heterocycles. The van der Waals surface area contributed by atoms with Crippen molar-refractivity contribution in [3.8, 4) is 11.5 Å². The number of nitrogens with one attached hydrogen (secondary N) is 2. The van der Waals surface area contributed by atoms with Crippen molar-refractivity contribution in [1.82, 2.24) is 20.1 Å². The number of hydrogen-bond acceptors (Lipinski definition) is 8. The van der Waals surface area contributed by atoms with Crippen molar-refractivity contribution in [2.45, 2.75) is 71.9 Å². The third-order valence-electron chi connectivity index (χ3n) is 10.1. The number of aromatic hydroxyl groups is 1. The Morgan fingerprint density at radius 3 is 2.17 bits per heavy atom. The summed E-state index contributed by atoms with van der Waals surface area (Å²) in [6.07, 6.45) is 8.61. The second-order valence-electron chi connectivity index (χ2n) is 15.8. The predicted octanol–water partition coefficient (Wildman–Crippen LogP) is 7.39. The Labute approximate surface area is 348 Å². The number of rotatable bonds is 13. The number of ether oxygens (including phenoxy) is 1. The van der Waals surface area contributed by atoms with Crippen molar-refractivity contribution >= 4 is 22.9 Å². The van der Waals surface area contributed by atoms with E-state index in [4.69, 9.17) is 14.6 Å². The van der Waals surface area contributed by atoms with E-state index in [0.717, 1.165) is 41.6 Å². The summed E-state index contributed by atoms with van der Waals surface area (Å²) in [7, 11) is 0. The third-order valence-corrected chi connectivity index (χ3v) is 10.1. The first kappa shape index (κ1) is 46.3. The van der Waals surface area contributed by atoms with E-state index < -0.39 is 12.2 Å². The second kappa shape index (κ2) is 24.5. The van der Waals surface area contributed by atoms with Gasteiger partial charge in [-0.25, -0.2) is 4.79 Å². The van der Waals surface area contributed by atoms with E-state index in [-0.39, 0.29) is 23.8 Å². The summed E-state index contributed by atoms with van der Waals surface area (Å²) in [5.41, 5.74) is 7.47. The molecule has 3 fully saturated rings. The van der Waals surface area contributed by atoms with Gasteiger partial charge < -0.3 is 45.9 Å². The third kappa shape index (κ3) is 16.4. The molecule has 3 saturated heterocycles. The fourth-order valence-corrected chi connectivity index (χ4v) is 7.12. The number of carbonyl (C=O) groups excluding carboxylic acids is 1. The maximum absolute atomic E-state index is 13.7. The van der Waals surface area contributed by atoms with Crippen LogP contribution in [0, 0.1) is 11.8 Å². The van der Waals surface area contributed by atoms with E-state index in [1.54, 1.807) is 12.1 Å². The summed E-state index contributed by atoms with van der Waals surface area (Å²) in [5.74, 6) is 2.70. The van der Waals surface area contributed by atoms with Crippen LogP contribution in [-0.2, 0) is 11.3 Å². The van der Waals surface area contributed by atoms with Crippen LogP contribution in [0.5, 0.6) is 11.5 Å². The molecule has 4 aromatic rings. The predicted molar refractivity (Wildman–Crippen MR) is 234 cm³/mol. The van der Waals surface area contributed by atoms with Crippen molar-refractivity contribution in [1.29, 1.82) is 0 Å². The number of aliphatic hydroxyl groups is 1. The van der Waals surface area contributed by atoms with Gasteiger partial charge in [-0.15, -0.1) is 0 Å². The normalized spacial score (nSPS) is 17.1. The molecular formula is C47H63N5O7. The van der Waals surface area contributed by atoms with Gasteiger partial charge in [0.1, 0.15) is 18.1 Å². The number of carbonyl (C=O) groups is 2. The fraction of sp³-hybridized carbons (Fsp3) is 0.426. The number of nitrogens with two attached hydrogens (primary N) is 1. The number of piperidine rings is 3. The highest BCUT2D eigenvalue weighted by Crippen LogP contribution is 2.29. The number of allylic oxidation sites excluding steroid dienone is 1. The summed E-state index contributed by atoms with van der Waals surface area (Å²) in [6.45, 7) is 13.0. The monoisotopic (exact) mass is 809 g/mol. The number of phenols is 1. The minimum Gasteiger partial charge on any atom is -0.506 e. The lowest BCUT2D eigenvalue weighted by Crippen LogP contribution is -2.41. The van der Waals surface area contributed by atoms with Crippen molar-refractivity contribution in [3.63, 3.8) is 0 Å². The first-order valence-corrected chi connectivity index (χ1v) is 20.7. The molecule has 1 aliphatic carbocycles. The molecule has 8 rings (SSSR count). The molecule has 1 unspecified atom stereocenters. The van der Waals surface area contributed by atoms with Crippen LogP contribution in [0.2, 0.25) is 0 Å². The summed E-state index contributed by atoms with van der Waals surface area (Å²) in [6, 6.07) is 25.7. The van der Waals surface area contributed by atoms with Crippen molar-refractivity contribution in [2.75, 3.05) is 45.9 Å². The van der Waals surface area contributed by atoms with Crippen LogP contribution >= 0.6 is 0 Å². The largest absolute Gasteiger partial charge is 0.506 e. The van der Waals surface area contributed by atoms with Crippen molar-refractivity contribution in [2.24, 2.45) is 17.6 Å². The van der Waals surface area contributed by atoms with E-state index in [2.05, 4.69) is 41.7 Å². The minimum atomic E-state index is -1.33. The van der Waals surface area contributed by atoms with Crippen LogP contribution in [0.1, 0.15) is 76.5 Å². The molecule has 4 aliphatic rings. The zero-order valence-electron chi connectivity index (χ0n) is 34.8. The summed E-state index contributed by atoms with van der Waals surface area (Å²) < 4.78 is 5.93. The quantitative estimate of drug-likeness (QED) is 0.0751. The summed E-state index contributed by atoms with van der Waals surface area (Å²) in [5, 5.41) is 32.1. The average Bonchev–Trinajstić information content (AvgIpc) is 3.24. The highest BCUT2D eigenvalue weighted by atomic mass is 16.5. The number of benzene rings is 3. The van der Waals surface area contributed by atoms with Crippen LogP contribution in [0.15, 0.2) is 113 Å². The number of para-hydroxylation sites is 1. The minimum absolute atomic E-state index is 0.00893. The highest BCUT2D eigenvalue weighted by Gasteiger charge is 2.24. The Morgan fingerprint density at radius 1 is 0.949 bits per heavy atom. The first-order valence-electron chi connectivity index (χ1n) is 20.7. The lowest BCUT2D eigenvalue weighted by atomic mass is 9.89. The molecule has 318 valence electrons. The van der Waals surface area contributed by atoms with Crippen molar-refractivity contribution in [3.05, 3.63) is 130 Å². The molecule has 7 N–H and O–H groups in total. The Balaban J connectivity index is 0.000000400. The number of amides is 2. The number of carboxylic acid groups (broad SMARTS) is 1. The zero-order chi connectivity index (χ0) is 42.6. The molecule has 1 aromatic heterocycles. The van der Waals surface area contributed by atoms with Gasteiger partial charge in [-0.3, -0.25) is 9.59 Å². The van der Waals surface area contributed by atoms with E-state index in [0.29, 0.717) is 54.7 Å². The van der Waals surface area contributed by atoms with Gasteiger partial charge in [0.15, 0.2) is 0 Å². The number of aromatic nitrogens is 1. The number of primary amides is 1.